The van der Waals surface area contributed by atoms with Crippen molar-refractivity contribution in [1.29, 1.82) is 0 Å². The molecule has 94 valence electrons. The average Bonchev–Trinajstić information content (AvgIpc) is 2.25. The lowest BCUT2D eigenvalue weighted by Crippen LogP contribution is -2.21. The molecule has 1 aromatic carbocycles. The number of halogens is 1. The van der Waals surface area contributed by atoms with Crippen LogP contribution in [0.4, 0.5) is 5.69 Å². The third kappa shape index (κ3) is 4.80. The maximum absolute atomic E-state index is 10.7. The molecule has 0 unspecified atom stereocenters. The molecule has 5 nitrogen and oxygen atoms in total. The van der Waals surface area contributed by atoms with Crippen LogP contribution in [0.2, 0.25) is 0 Å². The van der Waals surface area contributed by atoms with Crippen molar-refractivity contribution in [2.45, 2.75) is 13.0 Å². The van der Waals surface area contributed by atoms with E-state index in [2.05, 4.69) is 20.8 Å². The topological polar surface area (TPSA) is 72.4 Å². The second kappa shape index (κ2) is 6.68. The number of hydrogen-bond acceptors (Lipinski definition) is 4. The molecule has 0 bridgehead atoms. The molecule has 0 aromatic heterocycles. The molecule has 0 aliphatic carbocycles. The van der Waals surface area contributed by atoms with Gasteiger partial charge in [0, 0.05) is 23.2 Å². The molecular formula is C11H16BrN3O2. The maximum Gasteiger partial charge on any atom is 0.270 e. The zero-order valence-electron chi connectivity index (χ0n) is 9.73. The van der Waals surface area contributed by atoms with Crippen LogP contribution in [0.15, 0.2) is 22.7 Å². The van der Waals surface area contributed by atoms with Crippen LogP contribution in [-0.4, -0.2) is 30.0 Å². The van der Waals surface area contributed by atoms with E-state index in [4.69, 9.17) is 5.73 Å². The Morgan fingerprint density at radius 1 is 1.47 bits per heavy atom. The van der Waals surface area contributed by atoms with Gasteiger partial charge >= 0.3 is 0 Å². The van der Waals surface area contributed by atoms with Crippen molar-refractivity contribution < 1.29 is 4.92 Å². The third-order valence-electron chi connectivity index (χ3n) is 2.35. The summed E-state index contributed by atoms with van der Waals surface area (Å²) in [6.45, 7) is 2.22. The predicted molar refractivity (Wildman–Crippen MR) is 70.8 cm³/mol. The van der Waals surface area contributed by atoms with E-state index in [0.717, 1.165) is 23.0 Å². The molecule has 0 atom stereocenters. The van der Waals surface area contributed by atoms with Crippen LogP contribution in [0.3, 0.4) is 0 Å². The Balaban J connectivity index is 2.73. The Bertz CT molecular complexity index is 398. The van der Waals surface area contributed by atoms with E-state index in [1.54, 1.807) is 6.07 Å². The molecule has 0 saturated carbocycles. The van der Waals surface area contributed by atoms with E-state index in [-0.39, 0.29) is 10.6 Å². The maximum atomic E-state index is 10.7. The van der Waals surface area contributed by atoms with E-state index < -0.39 is 0 Å². The average molecular weight is 302 g/mol. The third-order valence-corrected chi connectivity index (χ3v) is 2.81. The van der Waals surface area contributed by atoms with E-state index >= 15 is 0 Å². The minimum atomic E-state index is -0.381. The van der Waals surface area contributed by atoms with E-state index in [1.165, 1.54) is 6.07 Å². The molecule has 0 aliphatic heterocycles. The Hall–Kier alpha value is -0.980. The molecule has 0 amide bonds. The zero-order chi connectivity index (χ0) is 12.8. The molecule has 6 heteroatoms. The molecule has 1 rings (SSSR count). The van der Waals surface area contributed by atoms with Crippen molar-refractivity contribution in [3.8, 4) is 0 Å². The number of nitro groups is 1. The Morgan fingerprint density at radius 3 is 2.76 bits per heavy atom. The summed E-state index contributed by atoms with van der Waals surface area (Å²) >= 11 is 3.28. The molecule has 0 fully saturated rings. The fourth-order valence-electron chi connectivity index (χ4n) is 1.58. The minimum Gasteiger partial charge on any atom is -0.330 e. The molecule has 17 heavy (non-hydrogen) atoms. The molecule has 0 saturated heterocycles. The fourth-order valence-corrected chi connectivity index (χ4v) is 2.11. The minimum absolute atomic E-state index is 0.113. The molecule has 0 heterocycles. The largest absolute Gasteiger partial charge is 0.330 e. The van der Waals surface area contributed by atoms with Gasteiger partial charge in [-0.2, -0.15) is 0 Å². The van der Waals surface area contributed by atoms with Gasteiger partial charge in [-0.25, -0.2) is 0 Å². The van der Waals surface area contributed by atoms with Gasteiger partial charge in [-0.15, -0.1) is 0 Å². The number of rotatable bonds is 6. The summed E-state index contributed by atoms with van der Waals surface area (Å²) in [5, 5.41) is 10.7. The first-order valence-corrected chi connectivity index (χ1v) is 6.14. The van der Waals surface area contributed by atoms with Gasteiger partial charge in [0.2, 0.25) is 0 Å². The number of non-ortho nitro benzene ring substituents is 1. The van der Waals surface area contributed by atoms with E-state index in [0.29, 0.717) is 13.1 Å². The van der Waals surface area contributed by atoms with Gasteiger partial charge in [-0.1, -0.05) is 15.9 Å². The lowest BCUT2D eigenvalue weighted by atomic mass is 10.2. The fraction of sp³-hybridized carbons (Fsp3) is 0.455. The Kier molecular flexibility index (Phi) is 5.54. The zero-order valence-corrected chi connectivity index (χ0v) is 11.3. The standard InChI is InChI=1S/C11H16BrN3O2/c1-14(4-2-3-13)8-9-5-10(12)7-11(6-9)15(16)17/h5-7H,2-4,8,13H2,1H3. The summed E-state index contributed by atoms with van der Waals surface area (Å²) in [6.07, 6.45) is 0.923. The van der Waals surface area contributed by atoms with Crippen molar-refractivity contribution in [2.75, 3.05) is 20.1 Å². The van der Waals surface area contributed by atoms with Crippen LogP contribution < -0.4 is 5.73 Å². The molecule has 0 aliphatic rings. The monoisotopic (exact) mass is 301 g/mol. The first-order valence-electron chi connectivity index (χ1n) is 5.35. The highest BCUT2D eigenvalue weighted by Crippen LogP contribution is 2.22. The van der Waals surface area contributed by atoms with Crippen LogP contribution in [-0.2, 0) is 6.54 Å². The van der Waals surface area contributed by atoms with Gasteiger partial charge in [-0.3, -0.25) is 10.1 Å². The Labute approximate surface area is 109 Å². The number of benzene rings is 1. The SMILES string of the molecule is CN(CCCN)Cc1cc(Br)cc([N+](=O)[O-])c1. The van der Waals surface area contributed by atoms with Gasteiger partial charge in [0.05, 0.1) is 4.92 Å². The highest BCUT2D eigenvalue weighted by molar-refractivity contribution is 9.10. The van der Waals surface area contributed by atoms with Crippen molar-refractivity contribution in [2.24, 2.45) is 5.73 Å². The first kappa shape index (κ1) is 14.1. The molecule has 2 N–H and O–H groups in total. The van der Waals surface area contributed by atoms with Gasteiger partial charge in [0.1, 0.15) is 0 Å². The Morgan fingerprint density at radius 2 is 2.18 bits per heavy atom. The van der Waals surface area contributed by atoms with Gasteiger partial charge in [0.25, 0.3) is 5.69 Å². The lowest BCUT2D eigenvalue weighted by Gasteiger charge is -2.16. The van der Waals surface area contributed by atoms with Gasteiger partial charge in [-0.05, 0) is 38.2 Å². The van der Waals surface area contributed by atoms with Gasteiger partial charge in [0.15, 0.2) is 0 Å². The highest BCUT2D eigenvalue weighted by atomic mass is 79.9. The second-order valence-electron chi connectivity index (χ2n) is 3.95. The summed E-state index contributed by atoms with van der Waals surface area (Å²) in [5.74, 6) is 0. The number of nitrogens with two attached hydrogens (primary N) is 1. The van der Waals surface area contributed by atoms with Crippen molar-refractivity contribution in [1.82, 2.24) is 4.90 Å². The van der Waals surface area contributed by atoms with Crippen molar-refractivity contribution >= 4 is 21.6 Å². The van der Waals surface area contributed by atoms with Crippen LogP contribution in [0.25, 0.3) is 0 Å². The van der Waals surface area contributed by atoms with Crippen LogP contribution in [0, 0.1) is 10.1 Å². The summed E-state index contributed by atoms with van der Waals surface area (Å²) in [7, 11) is 1.97. The summed E-state index contributed by atoms with van der Waals surface area (Å²) in [5.41, 5.74) is 6.47. The second-order valence-corrected chi connectivity index (χ2v) is 4.87. The van der Waals surface area contributed by atoms with Crippen molar-refractivity contribution in [3.63, 3.8) is 0 Å². The summed E-state index contributed by atoms with van der Waals surface area (Å²) in [6, 6.07) is 5.00. The predicted octanol–water partition coefficient (Wildman–Crippen LogP) is 2.14. The first-order chi connectivity index (χ1) is 8.02. The molecule has 0 spiro atoms. The highest BCUT2D eigenvalue weighted by Gasteiger charge is 2.09. The summed E-state index contributed by atoms with van der Waals surface area (Å²) in [4.78, 5) is 12.4. The quantitative estimate of drug-likeness (QED) is 0.645. The normalized spacial score (nSPS) is 10.8. The lowest BCUT2D eigenvalue weighted by molar-refractivity contribution is -0.385. The molecule has 1 aromatic rings. The molecule has 0 radical (unpaired) electrons. The van der Waals surface area contributed by atoms with E-state index in [1.807, 2.05) is 13.1 Å². The summed E-state index contributed by atoms with van der Waals surface area (Å²) < 4.78 is 0.730. The van der Waals surface area contributed by atoms with Gasteiger partial charge < -0.3 is 10.6 Å². The smallest absolute Gasteiger partial charge is 0.270 e. The van der Waals surface area contributed by atoms with Crippen LogP contribution >= 0.6 is 15.9 Å². The van der Waals surface area contributed by atoms with Crippen LogP contribution in [0.5, 0.6) is 0 Å². The van der Waals surface area contributed by atoms with Crippen molar-refractivity contribution in [3.05, 3.63) is 38.3 Å². The number of hydrogen-bond donors (Lipinski definition) is 1. The van der Waals surface area contributed by atoms with E-state index in [9.17, 15) is 10.1 Å². The number of nitrogens with zero attached hydrogens (tertiary/aromatic N) is 2. The van der Waals surface area contributed by atoms with Crippen LogP contribution in [0.1, 0.15) is 12.0 Å². The number of nitro benzene ring substituents is 1. The molecular weight excluding hydrogens is 286 g/mol.